The zero-order valence-electron chi connectivity index (χ0n) is 11.6. The third kappa shape index (κ3) is 3.45. The normalized spacial score (nSPS) is 10.7. The van der Waals surface area contributed by atoms with Crippen LogP contribution in [0.25, 0.3) is 0 Å². The molecule has 26 heavy (non-hydrogen) atoms. The summed E-state index contributed by atoms with van der Waals surface area (Å²) >= 11 is -0.464. The number of rotatable bonds is 2. The maximum absolute atomic E-state index is 13.4. The second kappa shape index (κ2) is 7.71. The molecule has 0 saturated heterocycles. The van der Waals surface area contributed by atoms with Crippen molar-refractivity contribution in [2.45, 2.75) is 9.79 Å². The van der Waals surface area contributed by atoms with Gasteiger partial charge in [0.15, 0.2) is 46.5 Å². The highest BCUT2D eigenvalue weighted by Gasteiger charge is 2.27. The minimum atomic E-state index is -2.40. The van der Waals surface area contributed by atoms with Gasteiger partial charge in [0.05, 0.1) is 9.79 Å². The Morgan fingerprint density at radius 3 is 0.769 bits per heavy atom. The minimum Gasteiger partial charge on any atom is -0.202 e. The van der Waals surface area contributed by atoms with Gasteiger partial charge in [0, 0.05) is 0 Å². The van der Waals surface area contributed by atoms with Crippen LogP contribution in [0.3, 0.4) is 0 Å². The van der Waals surface area contributed by atoms with Crippen molar-refractivity contribution in [3.05, 3.63) is 58.2 Å². The monoisotopic (exact) mass is 422 g/mol. The van der Waals surface area contributed by atoms with E-state index >= 15 is 0 Å². The predicted molar refractivity (Wildman–Crippen MR) is 72.0 cm³/mol. The number of hydrogen-bond donors (Lipinski definition) is 0. The van der Waals surface area contributed by atoms with Gasteiger partial charge in [-0.1, -0.05) is 0 Å². The fraction of sp³-hybridized carbons (Fsp3) is 0. The lowest BCUT2D eigenvalue weighted by Gasteiger charge is -2.04. The molecular weight excluding hydrogens is 422 g/mol. The summed E-state index contributed by atoms with van der Waals surface area (Å²) in [6.45, 7) is 0. The van der Waals surface area contributed by atoms with E-state index in [0.29, 0.717) is 0 Å². The molecule has 0 aliphatic carbocycles. The summed E-state index contributed by atoms with van der Waals surface area (Å²) in [6.07, 6.45) is 0. The summed E-state index contributed by atoms with van der Waals surface area (Å²) in [5.41, 5.74) is 0. The molecule has 0 N–H and O–H groups in total. The number of thioether (sulfide) groups is 2. The number of hydrogen-bond acceptors (Lipinski definition) is 2. The smallest absolute Gasteiger partial charge is 0.200 e. The van der Waals surface area contributed by atoms with Crippen LogP contribution in [-0.4, -0.2) is 0 Å². The van der Waals surface area contributed by atoms with Crippen molar-refractivity contribution >= 4 is 23.5 Å². The van der Waals surface area contributed by atoms with E-state index in [-0.39, 0.29) is 23.5 Å². The molecule has 0 unspecified atom stereocenters. The van der Waals surface area contributed by atoms with Crippen molar-refractivity contribution < 1.29 is 43.9 Å². The van der Waals surface area contributed by atoms with Gasteiger partial charge >= 0.3 is 0 Å². The van der Waals surface area contributed by atoms with Crippen molar-refractivity contribution in [2.24, 2.45) is 0 Å². The zero-order chi connectivity index (χ0) is 19.8. The van der Waals surface area contributed by atoms with E-state index in [2.05, 4.69) is 0 Å². The van der Waals surface area contributed by atoms with Gasteiger partial charge in [-0.05, 0) is 34.0 Å². The van der Waals surface area contributed by atoms with Crippen LogP contribution < -0.4 is 0 Å². The van der Waals surface area contributed by atoms with Crippen LogP contribution in [-0.2, 0) is 0 Å². The Hall–Kier alpha value is -2.00. The molecule has 2 aromatic rings. The van der Waals surface area contributed by atoms with Gasteiger partial charge < -0.3 is 0 Å². The average molecular weight is 422 g/mol. The molecule has 12 heteroatoms. The van der Waals surface area contributed by atoms with Crippen LogP contribution in [0, 0.1) is 68.7 Å². The van der Waals surface area contributed by atoms with Gasteiger partial charge in [-0.15, -0.1) is 0 Å². The first-order valence-corrected chi connectivity index (χ1v) is 7.59. The van der Waals surface area contributed by atoms with E-state index in [4.69, 9.17) is 0 Å². The average Bonchev–Trinajstić information content (AvgIpc) is 2.63. The summed E-state index contributed by atoms with van der Waals surface area (Å²) < 4.78 is 131. The van der Waals surface area contributed by atoms with Crippen molar-refractivity contribution in [3.63, 3.8) is 0 Å². The largest absolute Gasteiger partial charge is 0.202 e. The third-order valence-electron chi connectivity index (χ3n) is 2.69. The van der Waals surface area contributed by atoms with Crippen molar-refractivity contribution in [1.82, 2.24) is 0 Å². The Morgan fingerprint density at radius 2 is 0.538 bits per heavy atom. The maximum Gasteiger partial charge on any atom is 0.200 e. The fourth-order valence-corrected chi connectivity index (χ4v) is 2.75. The van der Waals surface area contributed by atoms with Crippen LogP contribution in [0.1, 0.15) is 0 Å². The fourth-order valence-electron chi connectivity index (χ4n) is 1.49. The topological polar surface area (TPSA) is 0 Å². The first-order valence-electron chi connectivity index (χ1n) is 5.96. The molecule has 0 aliphatic rings. The minimum absolute atomic E-state index is 0.232. The molecule has 2 rings (SSSR count). The van der Waals surface area contributed by atoms with Crippen molar-refractivity contribution in [2.75, 3.05) is 0 Å². The van der Waals surface area contributed by atoms with Gasteiger partial charge in [-0.25, -0.2) is 43.9 Å². The van der Waals surface area contributed by atoms with Gasteiger partial charge in [0.2, 0.25) is 11.6 Å². The molecular formula is C14F10S2. The summed E-state index contributed by atoms with van der Waals surface area (Å²) in [5, 5.41) is 3.47. The summed E-state index contributed by atoms with van der Waals surface area (Å²) in [5.74, 6) is -22.5. The van der Waals surface area contributed by atoms with E-state index in [0.717, 1.165) is 0 Å². The van der Waals surface area contributed by atoms with Gasteiger partial charge in [0.1, 0.15) is 0 Å². The van der Waals surface area contributed by atoms with Crippen LogP contribution in [0.5, 0.6) is 0 Å². The van der Waals surface area contributed by atoms with Gasteiger partial charge in [-0.3, -0.25) is 0 Å². The molecule has 0 nitrogen and oxygen atoms in total. The highest BCUT2D eigenvalue weighted by molar-refractivity contribution is 8.07. The van der Waals surface area contributed by atoms with E-state index in [9.17, 15) is 43.9 Å². The molecule has 0 amide bonds. The Balaban J connectivity index is 2.33. The van der Waals surface area contributed by atoms with E-state index < -0.39 is 68.0 Å². The Labute approximate surface area is 146 Å². The standard InChI is InChI=1S/C14F10S2/c15-3-5(17)9(21)13(10(22)6(3)18)25-1-2-26-14-11(23)7(19)4(16)8(20)12(14)24. The second-order valence-electron chi connectivity index (χ2n) is 4.21. The molecule has 0 saturated carbocycles. The summed E-state index contributed by atoms with van der Waals surface area (Å²) in [6, 6.07) is 0. The molecule has 0 bridgehead atoms. The molecule has 0 aromatic heterocycles. The number of benzene rings is 2. The molecule has 0 radical (unpaired) electrons. The Kier molecular flexibility index (Phi) is 6.02. The van der Waals surface area contributed by atoms with Crippen molar-refractivity contribution in [3.8, 4) is 10.5 Å². The highest BCUT2D eigenvalue weighted by atomic mass is 32.2. The maximum atomic E-state index is 13.4. The molecule has 138 valence electrons. The van der Waals surface area contributed by atoms with E-state index in [1.165, 1.54) is 0 Å². The lowest BCUT2D eigenvalue weighted by atomic mass is 10.3. The van der Waals surface area contributed by atoms with E-state index in [1.54, 1.807) is 10.5 Å². The lowest BCUT2D eigenvalue weighted by Crippen LogP contribution is -2.03. The van der Waals surface area contributed by atoms with Gasteiger partial charge in [-0.2, -0.15) is 0 Å². The SMILES string of the molecule is Fc1c(F)c(F)c(SC#CSc2c(F)c(F)c(F)c(F)c2F)c(F)c1F. The van der Waals surface area contributed by atoms with Crippen LogP contribution in [0.2, 0.25) is 0 Å². The van der Waals surface area contributed by atoms with E-state index in [1.807, 2.05) is 0 Å². The lowest BCUT2D eigenvalue weighted by molar-refractivity contribution is 0.361. The number of halogens is 10. The molecule has 0 atom stereocenters. The second-order valence-corrected chi connectivity index (χ2v) is 5.84. The van der Waals surface area contributed by atoms with Gasteiger partial charge in [0.25, 0.3) is 0 Å². The molecule has 2 aromatic carbocycles. The van der Waals surface area contributed by atoms with Crippen LogP contribution in [0.4, 0.5) is 43.9 Å². The Bertz CT molecular complexity index is 827. The molecule has 0 fully saturated rings. The zero-order valence-corrected chi connectivity index (χ0v) is 13.2. The first-order chi connectivity index (χ1) is 12.1. The van der Waals surface area contributed by atoms with Crippen LogP contribution >= 0.6 is 23.5 Å². The van der Waals surface area contributed by atoms with Crippen molar-refractivity contribution in [1.29, 1.82) is 0 Å². The predicted octanol–water partition coefficient (Wildman–Crippen LogP) is 5.88. The molecule has 0 heterocycles. The first kappa shape index (κ1) is 20.3. The molecule has 0 spiro atoms. The highest BCUT2D eigenvalue weighted by Crippen LogP contribution is 2.32. The Morgan fingerprint density at radius 1 is 0.346 bits per heavy atom. The molecule has 0 aliphatic heterocycles. The van der Waals surface area contributed by atoms with Crippen LogP contribution in [0.15, 0.2) is 9.79 Å². The quantitative estimate of drug-likeness (QED) is 0.195. The third-order valence-corrected chi connectivity index (χ3v) is 4.35. The summed E-state index contributed by atoms with van der Waals surface area (Å²) in [4.78, 5) is -2.79. The summed E-state index contributed by atoms with van der Waals surface area (Å²) in [7, 11) is 0.